The standard InChI is InChI=1S/C17H21FN2/c1-3-13-7-9-14(10-8-13)11-20(2)12-15-16(18)5-4-6-17(15)19/h4-10H,3,11-12,19H2,1-2H3. The minimum Gasteiger partial charge on any atom is -0.398 e. The topological polar surface area (TPSA) is 29.3 Å². The van der Waals surface area contributed by atoms with Gasteiger partial charge in [-0.25, -0.2) is 4.39 Å². The minimum absolute atomic E-state index is 0.238. The molecule has 0 saturated carbocycles. The van der Waals surface area contributed by atoms with Gasteiger partial charge < -0.3 is 5.73 Å². The lowest BCUT2D eigenvalue weighted by Crippen LogP contribution is -2.19. The summed E-state index contributed by atoms with van der Waals surface area (Å²) in [4.78, 5) is 2.07. The van der Waals surface area contributed by atoms with Crippen molar-refractivity contribution in [3.05, 3.63) is 65.0 Å². The number of halogens is 1. The highest BCUT2D eigenvalue weighted by Crippen LogP contribution is 2.18. The third-order valence-electron chi connectivity index (χ3n) is 3.47. The lowest BCUT2D eigenvalue weighted by atomic mass is 10.1. The zero-order valence-electron chi connectivity index (χ0n) is 12.1. The zero-order chi connectivity index (χ0) is 14.5. The summed E-state index contributed by atoms with van der Waals surface area (Å²) in [6.45, 7) is 3.42. The van der Waals surface area contributed by atoms with Gasteiger partial charge in [0, 0.05) is 24.3 Å². The second-order valence-electron chi connectivity index (χ2n) is 5.15. The van der Waals surface area contributed by atoms with E-state index in [0.717, 1.165) is 13.0 Å². The first-order valence-electron chi connectivity index (χ1n) is 6.89. The monoisotopic (exact) mass is 272 g/mol. The van der Waals surface area contributed by atoms with E-state index in [9.17, 15) is 4.39 Å². The molecule has 0 bridgehead atoms. The molecule has 0 spiro atoms. The SMILES string of the molecule is CCc1ccc(CN(C)Cc2c(N)cccc2F)cc1. The van der Waals surface area contributed by atoms with Gasteiger partial charge in [-0.3, -0.25) is 4.90 Å². The first kappa shape index (κ1) is 14.5. The Morgan fingerprint density at radius 3 is 2.25 bits per heavy atom. The van der Waals surface area contributed by atoms with Crippen LogP contribution in [0.3, 0.4) is 0 Å². The molecule has 2 nitrogen and oxygen atoms in total. The van der Waals surface area contributed by atoms with E-state index < -0.39 is 0 Å². The number of hydrogen-bond acceptors (Lipinski definition) is 2. The molecule has 0 aromatic heterocycles. The summed E-state index contributed by atoms with van der Waals surface area (Å²) < 4.78 is 13.7. The Kier molecular flexibility index (Phi) is 4.74. The highest BCUT2D eigenvalue weighted by molar-refractivity contribution is 5.47. The van der Waals surface area contributed by atoms with E-state index in [4.69, 9.17) is 5.73 Å². The predicted octanol–water partition coefficient (Wildman–Crippen LogP) is 3.60. The van der Waals surface area contributed by atoms with Crippen LogP contribution in [0, 0.1) is 5.82 Å². The van der Waals surface area contributed by atoms with Crippen LogP contribution in [0.1, 0.15) is 23.6 Å². The molecule has 2 N–H and O–H groups in total. The number of hydrogen-bond donors (Lipinski definition) is 1. The number of nitrogens with two attached hydrogens (primary N) is 1. The Hall–Kier alpha value is -1.87. The molecule has 0 fully saturated rings. The first-order valence-corrected chi connectivity index (χ1v) is 6.89. The van der Waals surface area contributed by atoms with Crippen molar-refractivity contribution in [3.8, 4) is 0 Å². The Balaban J connectivity index is 2.03. The summed E-state index contributed by atoms with van der Waals surface area (Å²) in [7, 11) is 1.97. The second-order valence-corrected chi connectivity index (χ2v) is 5.15. The van der Waals surface area contributed by atoms with Crippen LogP contribution < -0.4 is 5.73 Å². The molecule has 0 radical (unpaired) electrons. The number of benzene rings is 2. The minimum atomic E-state index is -0.238. The van der Waals surface area contributed by atoms with Crippen LogP contribution in [0.25, 0.3) is 0 Å². The smallest absolute Gasteiger partial charge is 0.129 e. The molecule has 0 aliphatic heterocycles. The van der Waals surface area contributed by atoms with Crippen molar-refractivity contribution in [3.63, 3.8) is 0 Å². The van der Waals surface area contributed by atoms with E-state index in [1.54, 1.807) is 12.1 Å². The van der Waals surface area contributed by atoms with E-state index in [1.807, 2.05) is 7.05 Å². The van der Waals surface area contributed by atoms with Crippen molar-refractivity contribution in [1.82, 2.24) is 4.90 Å². The van der Waals surface area contributed by atoms with E-state index >= 15 is 0 Å². The molecule has 20 heavy (non-hydrogen) atoms. The highest BCUT2D eigenvalue weighted by Gasteiger charge is 2.09. The molecular weight excluding hydrogens is 251 g/mol. The van der Waals surface area contributed by atoms with Gasteiger partial charge >= 0.3 is 0 Å². The van der Waals surface area contributed by atoms with Crippen molar-refractivity contribution >= 4 is 5.69 Å². The van der Waals surface area contributed by atoms with Crippen molar-refractivity contribution in [2.75, 3.05) is 12.8 Å². The maximum absolute atomic E-state index is 13.7. The largest absolute Gasteiger partial charge is 0.398 e. The Bertz CT molecular complexity index is 543. The summed E-state index contributed by atoms with van der Waals surface area (Å²) >= 11 is 0. The molecule has 0 aliphatic rings. The van der Waals surface area contributed by atoms with E-state index in [2.05, 4.69) is 36.1 Å². The van der Waals surface area contributed by atoms with Gasteiger partial charge in [0.05, 0.1) is 0 Å². The molecule has 0 heterocycles. The van der Waals surface area contributed by atoms with Gasteiger partial charge in [0.15, 0.2) is 0 Å². The number of nitrogens with zero attached hydrogens (tertiary/aromatic N) is 1. The fourth-order valence-corrected chi connectivity index (χ4v) is 2.26. The van der Waals surface area contributed by atoms with Crippen LogP contribution in [-0.2, 0) is 19.5 Å². The fraction of sp³-hybridized carbons (Fsp3) is 0.294. The van der Waals surface area contributed by atoms with Gasteiger partial charge in [-0.1, -0.05) is 37.3 Å². The Morgan fingerprint density at radius 1 is 1.00 bits per heavy atom. The van der Waals surface area contributed by atoms with E-state index in [1.165, 1.54) is 17.2 Å². The third-order valence-corrected chi connectivity index (χ3v) is 3.47. The molecule has 0 atom stereocenters. The summed E-state index contributed by atoms with van der Waals surface area (Å²) in [5.41, 5.74) is 9.47. The fourth-order valence-electron chi connectivity index (χ4n) is 2.26. The molecule has 2 rings (SSSR count). The summed E-state index contributed by atoms with van der Waals surface area (Å²) in [5.74, 6) is -0.238. The van der Waals surface area contributed by atoms with Crippen molar-refractivity contribution in [2.45, 2.75) is 26.4 Å². The molecule has 0 saturated heterocycles. The number of nitrogen functional groups attached to an aromatic ring is 1. The lowest BCUT2D eigenvalue weighted by molar-refractivity contribution is 0.314. The van der Waals surface area contributed by atoms with Gasteiger partial charge in [0.25, 0.3) is 0 Å². The maximum atomic E-state index is 13.7. The molecule has 0 amide bonds. The Labute approximate surface area is 120 Å². The van der Waals surface area contributed by atoms with Crippen LogP contribution >= 0.6 is 0 Å². The van der Waals surface area contributed by atoms with Crippen LogP contribution in [-0.4, -0.2) is 11.9 Å². The summed E-state index contributed by atoms with van der Waals surface area (Å²) in [6.07, 6.45) is 1.04. The van der Waals surface area contributed by atoms with Gasteiger partial charge in [0.1, 0.15) is 5.82 Å². The Morgan fingerprint density at radius 2 is 1.65 bits per heavy atom. The molecule has 2 aromatic carbocycles. The third kappa shape index (κ3) is 3.58. The normalized spacial score (nSPS) is 11.0. The number of anilines is 1. The molecular formula is C17H21FN2. The maximum Gasteiger partial charge on any atom is 0.129 e. The van der Waals surface area contributed by atoms with Crippen LogP contribution in [0.4, 0.5) is 10.1 Å². The van der Waals surface area contributed by atoms with E-state index in [-0.39, 0.29) is 5.82 Å². The predicted molar refractivity (Wildman–Crippen MR) is 81.8 cm³/mol. The van der Waals surface area contributed by atoms with Crippen molar-refractivity contribution < 1.29 is 4.39 Å². The van der Waals surface area contributed by atoms with Crippen molar-refractivity contribution in [1.29, 1.82) is 0 Å². The van der Waals surface area contributed by atoms with Gasteiger partial charge in [-0.2, -0.15) is 0 Å². The highest BCUT2D eigenvalue weighted by atomic mass is 19.1. The average Bonchev–Trinajstić information content (AvgIpc) is 2.44. The molecule has 106 valence electrons. The number of aryl methyl sites for hydroxylation is 1. The van der Waals surface area contributed by atoms with Crippen LogP contribution in [0.2, 0.25) is 0 Å². The molecule has 0 aliphatic carbocycles. The lowest BCUT2D eigenvalue weighted by Gasteiger charge is -2.18. The first-order chi connectivity index (χ1) is 9.60. The number of rotatable bonds is 5. The van der Waals surface area contributed by atoms with Crippen molar-refractivity contribution in [2.24, 2.45) is 0 Å². The quantitative estimate of drug-likeness (QED) is 0.843. The summed E-state index contributed by atoms with van der Waals surface area (Å²) in [5, 5.41) is 0. The molecule has 2 aromatic rings. The second kappa shape index (κ2) is 6.53. The van der Waals surface area contributed by atoms with Gasteiger partial charge in [-0.15, -0.1) is 0 Å². The summed E-state index contributed by atoms with van der Waals surface area (Å²) in [6, 6.07) is 13.4. The molecule has 0 unspecified atom stereocenters. The van der Waals surface area contributed by atoms with Crippen LogP contribution in [0.15, 0.2) is 42.5 Å². The average molecular weight is 272 g/mol. The molecule has 3 heteroatoms. The zero-order valence-corrected chi connectivity index (χ0v) is 12.1. The van der Waals surface area contributed by atoms with Gasteiger partial charge in [0.2, 0.25) is 0 Å². The van der Waals surface area contributed by atoms with Gasteiger partial charge in [-0.05, 0) is 36.7 Å². The van der Waals surface area contributed by atoms with Crippen LogP contribution in [0.5, 0.6) is 0 Å². The van der Waals surface area contributed by atoms with E-state index in [0.29, 0.717) is 17.8 Å².